The van der Waals surface area contributed by atoms with E-state index in [0.717, 1.165) is 4.88 Å². The van der Waals surface area contributed by atoms with Gasteiger partial charge in [-0.05, 0) is 37.8 Å². The van der Waals surface area contributed by atoms with Gasteiger partial charge in [0.25, 0.3) is 0 Å². The van der Waals surface area contributed by atoms with Crippen molar-refractivity contribution >= 4 is 17.4 Å². The fourth-order valence-corrected chi connectivity index (χ4v) is 4.89. The first-order valence-electron chi connectivity index (χ1n) is 9.13. The Morgan fingerprint density at radius 2 is 2.03 bits per heavy atom. The Bertz CT molecular complexity index is 997. The van der Waals surface area contributed by atoms with Gasteiger partial charge in [-0.2, -0.15) is 15.8 Å². The maximum atomic E-state index is 12.6. The van der Waals surface area contributed by atoms with Crippen LogP contribution in [0.2, 0.25) is 0 Å². The highest BCUT2D eigenvalue weighted by molar-refractivity contribution is 7.10. The second-order valence-electron chi connectivity index (χ2n) is 8.08. The van der Waals surface area contributed by atoms with Gasteiger partial charge in [0.2, 0.25) is 0 Å². The van der Waals surface area contributed by atoms with Gasteiger partial charge in [0.1, 0.15) is 11.7 Å². The van der Waals surface area contributed by atoms with Crippen LogP contribution in [-0.4, -0.2) is 29.7 Å². The monoisotopic (exact) mass is 407 g/mol. The van der Waals surface area contributed by atoms with Crippen LogP contribution in [0, 0.1) is 45.3 Å². The van der Waals surface area contributed by atoms with Gasteiger partial charge in [-0.3, -0.25) is 0 Å². The molecule has 2 N–H and O–H groups in total. The normalized spacial score (nSPS) is 23.2. The molecule has 1 aliphatic carbocycles. The summed E-state index contributed by atoms with van der Waals surface area (Å²) in [5, 5.41) is 31.6. The lowest BCUT2D eigenvalue weighted by Gasteiger charge is -2.45. The van der Waals surface area contributed by atoms with Crippen molar-refractivity contribution in [2.75, 3.05) is 13.1 Å². The van der Waals surface area contributed by atoms with Gasteiger partial charge in [-0.1, -0.05) is 12.1 Å². The SMILES string of the molecule is CC(C)(C)OC(=O)N1CC=C2C(C#N)=C(N)C(C#N)(C#N)C(c3cccs3)[C@H]2C1. The van der Waals surface area contributed by atoms with Crippen molar-refractivity contribution in [1.29, 1.82) is 15.8 Å². The number of carbonyl (C=O) groups excluding carboxylic acids is 1. The lowest BCUT2D eigenvalue weighted by Crippen LogP contribution is -2.49. The molecule has 0 fully saturated rings. The molecular formula is C21H21N5O2S. The van der Waals surface area contributed by atoms with E-state index in [9.17, 15) is 20.6 Å². The minimum absolute atomic E-state index is 0.0170. The maximum absolute atomic E-state index is 12.6. The number of thiophene rings is 1. The van der Waals surface area contributed by atoms with Gasteiger partial charge in [-0.15, -0.1) is 11.3 Å². The molecule has 3 rings (SSSR count). The second kappa shape index (κ2) is 7.28. The molecule has 1 amide bonds. The van der Waals surface area contributed by atoms with Crippen LogP contribution < -0.4 is 5.73 Å². The van der Waals surface area contributed by atoms with Crippen LogP contribution in [0.15, 0.2) is 40.4 Å². The summed E-state index contributed by atoms with van der Waals surface area (Å²) in [6.07, 6.45) is 1.31. The van der Waals surface area contributed by atoms with Gasteiger partial charge in [0, 0.05) is 29.8 Å². The summed E-state index contributed by atoms with van der Waals surface area (Å²) in [7, 11) is 0. The van der Waals surface area contributed by atoms with E-state index in [4.69, 9.17) is 10.5 Å². The van der Waals surface area contributed by atoms with Crippen LogP contribution in [0.3, 0.4) is 0 Å². The fourth-order valence-electron chi connectivity index (χ4n) is 3.93. The minimum atomic E-state index is -1.69. The Kier molecular flexibility index (Phi) is 5.13. The van der Waals surface area contributed by atoms with E-state index in [1.807, 2.05) is 17.5 Å². The first-order valence-corrected chi connectivity index (χ1v) is 10.0. The topological polar surface area (TPSA) is 127 Å². The maximum Gasteiger partial charge on any atom is 0.410 e. The number of ether oxygens (including phenoxy) is 1. The number of nitrogens with two attached hydrogens (primary N) is 1. The molecule has 2 heterocycles. The molecule has 0 radical (unpaired) electrons. The number of nitrogens with zero attached hydrogens (tertiary/aromatic N) is 4. The van der Waals surface area contributed by atoms with Crippen LogP contribution in [0.1, 0.15) is 31.6 Å². The first-order chi connectivity index (χ1) is 13.7. The van der Waals surface area contributed by atoms with E-state index in [2.05, 4.69) is 18.2 Å². The second-order valence-corrected chi connectivity index (χ2v) is 9.06. The summed E-state index contributed by atoms with van der Waals surface area (Å²) in [6.45, 7) is 5.87. The first kappa shape index (κ1) is 20.5. The average molecular weight is 407 g/mol. The zero-order valence-corrected chi connectivity index (χ0v) is 17.3. The zero-order chi connectivity index (χ0) is 21.4. The summed E-state index contributed by atoms with van der Waals surface area (Å²) >= 11 is 1.42. The molecule has 8 heteroatoms. The molecule has 7 nitrogen and oxygen atoms in total. The average Bonchev–Trinajstić information content (AvgIpc) is 3.19. The Morgan fingerprint density at radius 3 is 2.55 bits per heavy atom. The van der Waals surface area contributed by atoms with Crippen molar-refractivity contribution in [3.05, 3.63) is 45.3 Å². The Balaban J connectivity index is 2.14. The van der Waals surface area contributed by atoms with Crippen LogP contribution in [0.4, 0.5) is 4.79 Å². The number of hydrogen-bond donors (Lipinski definition) is 1. The molecule has 0 saturated carbocycles. The molecule has 2 atom stereocenters. The number of hydrogen-bond acceptors (Lipinski definition) is 7. The third-order valence-electron chi connectivity index (χ3n) is 5.17. The van der Waals surface area contributed by atoms with Crippen molar-refractivity contribution in [2.24, 2.45) is 17.1 Å². The Morgan fingerprint density at radius 1 is 1.34 bits per heavy atom. The molecule has 0 bridgehead atoms. The van der Waals surface area contributed by atoms with Crippen molar-refractivity contribution in [2.45, 2.75) is 32.3 Å². The third-order valence-corrected chi connectivity index (χ3v) is 6.12. The van der Waals surface area contributed by atoms with E-state index in [1.54, 1.807) is 26.8 Å². The van der Waals surface area contributed by atoms with E-state index < -0.39 is 28.9 Å². The molecule has 0 spiro atoms. The summed E-state index contributed by atoms with van der Waals surface area (Å²) in [6, 6.07) is 9.95. The van der Waals surface area contributed by atoms with Gasteiger partial charge in [-0.25, -0.2) is 4.79 Å². The lowest BCUT2D eigenvalue weighted by molar-refractivity contribution is 0.0225. The van der Waals surface area contributed by atoms with E-state index in [1.165, 1.54) is 16.2 Å². The molecular weight excluding hydrogens is 386 g/mol. The molecule has 0 saturated heterocycles. The molecule has 0 aromatic carbocycles. The number of fused-ring (bicyclic) bond motifs is 1. The van der Waals surface area contributed by atoms with Gasteiger partial charge < -0.3 is 15.4 Å². The smallest absolute Gasteiger partial charge is 0.410 e. The van der Waals surface area contributed by atoms with Crippen LogP contribution in [-0.2, 0) is 4.74 Å². The highest BCUT2D eigenvalue weighted by Gasteiger charge is 2.55. The molecule has 1 aromatic heterocycles. The van der Waals surface area contributed by atoms with Gasteiger partial charge in [0.15, 0.2) is 5.41 Å². The largest absolute Gasteiger partial charge is 0.444 e. The van der Waals surface area contributed by atoms with Crippen molar-refractivity contribution in [1.82, 2.24) is 4.90 Å². The van der Waals surface area contributed by atoms with Gasteiger partial charge in [0.05, 0.1) is 23.4 Å². The molecule has 2 aliphatic rings. The number of nitriles is 3. The third kappa shape index (κ3) is 3.35. The zero-order valence-electron chi connectivity index (χ0n) is 16.5. The molecule has 29 heavy (non-hydrogen) atoms. The molecule has 1 aromatic rings. The number of amides is 1. The number of rotatable bonds is 1. The van der Waals surface area contributed by atoms with E-state index in [-0.39, 0.29) is 24.4 Å². The van der Waals surface area contributed by atoms with Crippen molar-refractivity contribution in [3.63, 3.8) is 0 Å². The summed E-state index contributed by atoms with van der Waals surface area (Å²) < 4.78 is 5.49. The predicted molar refractivity (Wildman–Crippen MR) is 107 cm³/mol. The van der Waals surface area contributed by atoms with E-state index >= 15 is 0 Å². The van der Waals surface area contributed by atoms with E-state index in [0.29, 0.717) is 5.57 Å². The van der Waals surface area contributed by atoms with Gasteiger partial charge >= 0.3 is 6.09 Å². The summed E-state index contributed by atoms with van der Waals surface area (Å²) in [5.41, 5.74) is 4.74. The van der Waals surface area contributed by atoms with Crippen LogP contribution >= 0.6 is 11.3 Å². The standard InChI is InChI=1S/C21H21N5O2S/c1-20(2,3)28-19(27)26-7-6-13-14(9-22)18(25)21(11-23,12-24)17(15(13)10-26)16-5-4-8-29-16/h4-6,8,15,17H,7,10,25H2,1-3H3/t15-,17?/m0/s1. The predicted octanol–water partition coefficient (Wildman–Crippen LogP) is 3.41. The van der Waals surface area contributed by atoms with Crippen molar-refractivity contribution in [3.8, 4) is 18.2 Å². The highest BCUT2D eigenvalue weighted by Crippen LogP contribution is 2.55. The lowest BCUT2D eigenvalue weighted by atomic mass is 9.59. The number of allylic oxidation sites excluding steroid dienone is 2. The Hall–Kier alpha value is -3.28. The minimum Gasteiger partial charge on any atom is -0.444 e. The summed E-state index contributed by atoms with van der Waals surface area (Å²) in [5.74, 6) is -1.01. The Labute approximate surface area is 173 Å². The van der Waals surface area contributed by atoms with Crippen LogP contribution in [0.5, 0.6) is 0 Å². The fraction of sp³-hybridized carbons (Fsp3) is 0.429. The van der Waals surface area contributed by atoms with Crippen molar-refractivity contribution < 1.29 is 9.53 Å². The van der Waals surface area contributed by atoms with Crippen LogP contribution in [0.25, 0.3) is 0 Å². The quantitative estimate of drug-likeness (QED) is 0.760. The molecule has 1 unspecified atom stereocenters. The highest BCUT2D eigenvalue weighted by atomic mass is 32.1. The number of carbonyl (C=O) groups is 1. The summed E-state index contributed by atoms with van der Waals surface area (Å²) in [4.78, 5) is 15.0. The molecule has 148 valence electrons. The molecule has 1 aliphatic heterocycles.